The van der Waals surface area contributed by atoms with Gasteiger partial charge in [-0.05, 0) is 56.6 Å². The first kappa shape index (κ1) is 52.9. The van der Waals surface area contributed by atoms with Crippen LogP contribution in [0.25, 0.3) is 0 Å². The van der Waals surface area contributed by atoms with Crippen molar-refractivity contribution in [3.05, 3.63) is 48.8 Å². The molecule has 0 fully saturated rings. The number of nitrogens with zero attached hydrogens (tertiary/aromatic N) is 1. The van der Waals surface area contributed by atoms with Crippen LogP contribution in [-0.2, 0) is 32.7 Å². The zero-order valence-corrected chi connectivity index (χ0v) is 37.6. The predicted molar refractivity (Wildman–Crippen MR) is 233 cm³/mol. The third-order valence-electron chi connectivity index (χ3n) is 10.2. The Hall–Kier alpha value is -2.07. The minimum absolute atomic E-state index is 0.0151. The summed E-state index contributed by atoms with van der Waals surface area (Å²) in [4.78, 5) is 35.4. The van der Waals surface area contributed by atoms with E-state index in [0.717, 1.165) is 32.1 Å². The molecule has 1 aliphatic carbocycles. The Morgan fingerprint density at radius 3 is 2.04 bits per heavy atom. The number of likely N-dealkylation sites (N-methyl/N-ethyl adjacent to an activating group) is 1. The molecular weight excluding hydrogens is 741 g/mol. The van der Waals surface area contributed by atoms with Crippen LogP contribution in [0.3, 0.4) is 0 Å². The van der Waals surface area contributed by atoms with Gasteiger partial charge in [-0.3, -0.25) is 18.6 Å². The van der Waals surface area contributed by atoms with Crippen molar-refractivity contribution in [1.29, 1.82) is 0 Å². The van der Waals surface area contributed by atoms with E-state index < -0.39 is 26.0 Å². The Balaban J connectivity index is 2.43. The zero-order valence-electron chi connectivity index (χ0n) is 36.7. The van der Waals surface area contributed by atoms with E-state index in [0.29, 0.717) is 36.7 Å². The maximum absolute atomic E-state index is 12.8. The fourth-order valence-electron chi connectivity index (χ4n) is 6.57. The van der Waals surface area contributed by atoms with Crippen LogP contribution in [0.5, 0.6) is 0 Å². The van der Waals surface area contributed by atoms with Crippen molar-refractivity contribution in [2.45, 2.75) is 174 Å². The van der Waals surface area contributed by atoms with Gasteiger partial charge in [0.25, 0.3) is 0 Å². The molecule has 0 amide bonds. The van der Waals surface area contributed by atoms with Gasteiger partial charge in [0.2, 0.25) is 0 Å². The van der Waals surface area contributed by atoms with Gasteiger partial charge in [-0.15, -0.1) is 0 Å². The summed E-state index contributed by atoms with van der Waals surface area (Å²) in [5, 5.41) is 10.2. The van der Waals surface area contributed by atoms with Crippen molar-refractivity contribution in [3.63, 3.8) is 0 Å². The summed E-state index contributed by atoms with van der Waals surface area (Å²) in [7, 11) is 1.51. The number of phosphoric acid groups is 1. The molecule has 57 heavy (non-hydrogen) atoms. The number of hydrogen-bond acceptors (Lipinski definition) is 8. The number of esters is 1. The fraction of sp³-hybridized carbons (Fsp3) is 0.783. The highest BCUT2D eigenvalue weighted by molar-refractivity contribution is 7.47. The first-order chi connectivity index (χ1) is 27.4. The first-order valence-electron chi connectivity index (χ1n) is 22.5. The Morgan fingerprint density at radius 2 is 1.40 bits per heavy atom. The summed E-state index contributed by atoms with van der Waals surface area (Å²) in [5.41, 5.74) is 0. The van der Waals surface area contributed by atoms with Crippen LogP contribution in [0.15, 0.2) is 48.8 Å². The third kappa shape index (κ3) is 31.5. The highest BCUT2D eigenvalue weighted by Crippen LogP contribution is 2.43. The van der Waals surface area contributed by atoms with Crippen LogP contribution in [0.4, 0.5) is 0 Å². The largest absolute Gasteiger partial charge is 0.498 e. The minimum Gasteiger partial charge on any atom is -0.498 e. The number of unbranched alkanes of at least 4 members (excludes halogenated alkanes) is 17. The number of quaternary nitrogens is 1. The van der Waals surface area contributed by atoms with Gasteiger partial charge in [-0.2, -0.15) is 0 Å². The lowest BCUT2D eigenvalue weighted by atomic mass is 9.90. The van der Waals surface area contributed by atoms with E-state index in [9.17, 15) is 24.2 Å². The van der Waals surface area contributed by atoms with E-state index in [4.69, 9.17) is 18.5 Å². The SMILES string of the molecule is CCCCCCCCCCCCCCCC/C=C/OC[C@H](COP(=O)(O)OCC[N+](C)(C)C)OC(=O)CCC/C=C\C[C@H]1C=CC(=O)[C@@H]1/C=C/[C@@H](O)CCCCC. The van der Waals surface area contributed by atoms with Gasteiger partial charge in [0.1, 0.15) is 19.8 Å². The number of aliphatic hydroxyl groups excluding tert-OH is 1. The average Bonchev–Trinajstić information content (AvgIpc) is 3.51. The molecule has 10 nitrogen and oxygen atoms in total. The number of allylic oxidation sites excluding steroid dienone is 6. The number of ether oxygens (including phenoxy) is 2. The highest BCUT2D eigenvalue weighted by atomic mass is 31.2. The number of hydrogen-bond donors (Lipinski definition) is 2. The van der Waals surface area contributed by atoms with E-state index in [1.165, 1.54) is 83.5 Å². The molecule has 0 heterocycles. The van der Waals surface area contributed by atoms with Crippen LogP contribution in [-0.4, -0.2) is 86.0 Å². The lowest BCUT2D eigenvalue weighted by Crippen LogP contribution is -2.37. The third-order valence-corrected chi connectivity index (χ3v) is 11.2. The normalized spacial score (nSPS) is 18.3. The van der Waals surface area contributed by atoms with Crippen LogP contribution in [0.1, 0.15) is 162 Å². The molecule has 5 atom stereocenters. The average molecular weight is 825 g/mol. The van der Waals surface area contributed by atoms with E-state index >= 15 is 0 Å². The molecule has 0 saturated carbocycles. The summed E-state index contributed by atoms with van der Waals surface area (Å²) in [6, 6.07) is 0. The van der Waals surface area contributed by atoms with Gasteiger partial charge in [0.15, 0.2) is 11.9 Å². The maximum atomic E-state index is 12.8. The van der Waals surface area contributed by atoms with Crippen molar-refractivity contribution < 1.29 is 47.2 Å². The predicted octanol–water partition coefficient (Wildman–Crippen LogP) is 11.1. The molecule has 0 radical (unpaired) electrons. The zero-order chi connectivity index (χ0) is 42.0. The second-order valence-corrected chi connectivity index (χ2v) is 18.3. The van der Waals surface area contributed by atoms with E-state index in [-0.39, 0.29) is 43.9 Å². The summed E-state index contributed by atoms with van der Waals surface area (Å²) in [6.45, 7) is 4.60. The first-order valence-corrected chi connectivity index (χ1v) is 24.0. The van der Waals surface area contributed by atoms with Gasteiger partial charge < -0.3 is 24.0 Å². The Kier molecular flexibility index (Phi) is 31.3. The van der Waals surface area contributed by atoms with Crippen molar-refractivity contribution >= 4 is 19.6 Å². The van der Waals surface area contributed by atoms with Crippen LogP contribution >= 0.6 is 7.82 Å². The molecule has 1 aliphatic rings. The number of carbonyl (C=O) groups is 2. The lowest BCUT2D eigenvalue weighted by molar-refractivity contribution is -0.870. The monoisotopic (exact) mass is 825 g/mol. The van der Waals surface area contributed by atoms with Crippen molar-refractivity contribution in [3.8, 4) is 0 Å². The standard InChI is InChI=1S/C46H82NO9P/c1-6-8-10-11-12-13-14-15-16-17-18-19-20-21-24-28-37-53-39-43(40-55-57(51,52)54-38-36-47(3,4)5)56-46(50)31-27-23-22-26-29-41-32-35-45(49)44(41)34-33-42(48)30-25-9-7-2/h22,26,28,32-35,37,41-44,48H,6-21,23-25,27,29-31,36,38-40H2,1-5H3/p+1/b26-22-,34-33+,37-28+/t41-,42-,43+,44+/m0/s1. The van der Waals surface area contributed by atoms with E-state index in [1.807, 2.05) is 51.5 Å². The molecule has 1 unspecified atom stereocenters. The minimum atomic E-state index is -4.35. The fourth-order valence-corrected chi connectivity index (χ4v) is 7.31. The topological polar surface area (TPSA) is 129 Å². The molecule has 0 bridgehead atoms. The quantitative estimate of drug-likeness (QED) is 0.0156. The lowest BCUT2D eigenvalue weighted by Gasteiger charge is -2.24. The molecular formula is C46H83NO9P+. The smallest absolute Gasteiger partial charge is 0.472 e. The molecule has 0 saturated heterocycles. The summed E-state index contributed by atoms with van der Waals surface area (Å²) >= 11 is 0. The second-order valence-electron chi connectivity index (χ2n) is 16.8. The number of carbonyl (C=O) groups excluding carboxylic acids is 2. The summed E-state index contributed by atoms with van der Waals surface area (Å²) in [6.07, 6.45) is 38.6. The summed E-state index contributed by atoms with van der Waals surface area (Å²) < 4.78 is 34.7. The van der Waals surface area contributed by atoms with Crippen molar-refractivity contribution in [1.82, 2.24) is 0 Å². The van der Waals surface area contributed by atoms with Crippen molar-refractivity contribution in [2.24, 2.45) is 11.8 Å². The molecule has 330 valence electrons. The molecule has 11 heteroatoms. The Bertz CT molecular complexity index is 1190. The molecule has 0 aromatic carbocycles. The van der Waals surface area contributed by atoms with Gasteiger partial charge in [0.05, 0.1) is 40.1 Å². The van der Waals surface area contributed by atoms with E-state index in [2.05, 4.69) is 13.8 Å². The van der Waals surface area contributed by atoms with Gasteiger partial charge in [-0.1, -0.05) is 147 Å². The summed E-state index contributed by atoms with van der Waals surface area (Å²) in [5.74, 6) is -0.601. The van der Waals surface area contributed by atoms with Gasteiger partial charge in [-0.25, -0.2) is 4.57 Å². The van der Waals surface area contributed by atoms with Gasteiger partial charge >= 0.3 is 13.8 Å². The van der Waals surface area contributed by atoms with Gasteiger partial charge in [0, 0.05) is 12.3 Å². The van der Waals surface area contributed by atoms with E-state index in [1.54, 1.807) is 18.4 Å². The maximum Gasteiger partial charge on any atom is 0.472 e. The van der Waals surface area contributed by atoms with Crippen LogP contribution < -0.4 is 0 Å². The Morgan fingerprint density at radius 1 is 0.807 bits per heavy atom. The number of aliphatic hydroxyl groups is 1. The van der Waals surface area contributed by atoms with Crippen molar-refractivity contribution in [2.75, 3.05) is 47.5 Å². The molecule has 0 aliphatic heterocycles. The van der Waals surface area contributed by atoms with Crippen LogP contribution in [0, 0.1) is 11.8 Å². The second kappa shape index (κ2) is 33.7. The number of phosphoric ester groups is 1. The van der Waals surface area contributed by atoms with Crippen LogP contribution in [0.2, 0.25) is 0 Å². The molecule has 0 aromatic heterocycles. The molecule has 0 spiro atoms. The number of ketones is 1. The highest BCUT2D eigenvalue weighted by Gasteiger charge is 2.28. The number of rotatable bonds is 38. The molecule has 0 aromatic rings. The molecule has 1 rings (SSSR count). The Labute approximate surface area is 347 Å². The molecule has 2 N–H and O–H groups in total.